The number of hydrogen-bond acceptors (Lipinski definition) is 7. The summed E-state index contributed by atoms with van der Waals surface area (Å²) in [4.78, 5) is 27.5. The highest BCUT2D eigenvalue weighted by atomic mass is 16.5. The Morgan fingerprint density at radius 2 is 2.14 bits per heavy atom. The molecule has 0 amide bonds. The Kier molecular flexibility index (Phi) is 5.64. The molecule has 8 heteroatoms. The van der Waals surface area contributed by atoms with Gasteiger partial charge in [-0.3, -0.25) is 9.36 Å². The summed E-state index contributed by atoms with van der Waals surface area (Å²) in [5.74, 6) is 0.589. The summed E-state index contributed by atoms with van der Waals surface area (Å²) in [5, 5.41) is 9.20. The van der Waals surface area contributed by atoms with Gasteiger partial charge in [0.15, 0.2) is 0 Å². The fourth-order valence-electron chi connectivity index (χ4n) is 3.49. The molecule has 0 bridgehead atoms. The van der Waals surface area contributed by atoms with E-state index in [-0.39, 0.29) is 18.3 Å². The predicted molar refractivity (Wildman–Crippen MR) is 109 cm³/mol. The molecule has 4 rings (SSSR count). The number of ether oxygens (including phenoxy) is 1. The van der Waals surface area contributed by atoms with Gasteiger partial charge in [-0.25, -0.2) is 15.0 Å². The Hall–Kier alpha value is -3.10. The smallest absolute Gasteiger partial charge is 0.255 e. The summed E-state index contributed by atoms with van der Waals surface area (Å²) in [6, 6.07) is 11.3. The van der Waals surface area contributed by atoms with E-state index in [4.69, 9.17) is 9.72 Å². The van der Waals surface area contributed by atoms with Gasteiger partial charge in [-0.15, -0.1) is 0 Å². The zero-order valence-electron chi connectivity index (χ0n) is 16.2. The molecule has 1 aromatic carbocycles. The quantitative estimate of drug-likeness (QED) is 0.699. The van der Waals surface area contributed by atoms with E-state index in [1.165, 1.54) is 12.4 Å². The van der Waals surface area contributed by atoms with E-state index in [1.54, 1.807) is 23.9 Å². The highest BCUT2D eigenvalue weighted by Gasteiger charge is 2.25. The van der Waals surface area contributed by atoms with Gasteiger partial charge in [-0.05, 0) is 23.6 Å². The van der Waals surface area contributed by atoms with Gasteiger partial charge in [0.25, 0.3) is 5.56 Å². The highest BCUT2D eigenvalue weighted by Crippen LogP contribution is 2.26. The van der Waals surface area contributed by atoms with Gasteiger partial charge in [0.1, 0.15) is 12.4 Å². The molecule has 1 aliphatic rings. The van der Waals surface area contributed by atoms with E-state index >= 15 is 0 Å². The minimum Gasteiger partial charge on any atom is -0.396 e. The fraction of sp³-hybridized carbons (Fsp3) is 0.333. The Bertz CT molecular complexity index is 1040. The standard InChI is InChI=1S/C21H23N5O3/c1-25-20(28)12-18(17-5-7-22-14-23-17)24-21(25)26-8-10-29-19(13-26)16-4-2-3-15(11-16)6-9-27/h2-5,7,11-12,14,19,27H,6,8-10,13H2,1H3. The van der Waals surface area contributed by atoms with Crippen LogP contribution < -0.4 is 10.5 Å². The Morgan fingerprint density at radius 3 is 2.93 bits per heavy atom. The second-order valence-corrected chi connectivity index (χ2v) is 6.96. The van der Waals surface area contributed by atoms with E-state index in [0.29, 0.717) is 43.5 Å². The van der Waals surface area contributed by atoms with Crippen LogP contribution >= 0.6 is 0 Å². The number of morpholine rings is 1. The third-order valence-corrected chi connectivity index (χ3v) is 5.03. The molecule has 0 saturated carbocycles. The lowest BCUT2D eigenvalue weighted by Crippen LogP contribution is -2.41. The second-order valence-electron chi connectivity index (χ2n) is 6.96. The predicted octanol–water partition coefficient (Wildman–Crippen LogP) is 1.35. The summed E-state index contributed by atoms with van der Waals surface area (Å²) >= 11 is 0. The van der Waals surface area contributed by atoms with Crippen LogP contribution in [0.2, 0.25) is 0 Å². The zero-order valence-corrected chi connectivity index (χ0v) is 16.2. The second kappa shape index (κ2) is 8.50. The SMILES string of the molecule is Cn1c(N2CCOC(c3cccc(CCO)c3)C2)nc(-c2ccncn2)cc1=O. The first kappa shape index (κ1) is 19.2. The van der Waals surface area contributed by atoms with Crippen molar-refractivity contribution in [3.63, 3.8) is 0 Å². The van der Waals surface area contributed by atoms with Crippen LogP contribution in [0.15, 0.2) is 53.7 Å². The molecule has 3 heterocycles. The van der Waals surface area contributed by atoms with Gasteiger partial charge in [-0.2, -0.15) is 0 Å². The van der Waals surface area contributed by atoms with Crippen molar-refractivity contribution in [2.45, 2.75) is 12.5 Å². The van der Waals surface area contributed by atoms with Gasteiger partial charge in [0.05, 0.1) is 24.5 Å². The lowest BCUT2D eigenvalue weighted by molar-refractivity contribution is 0.0389. The maximum atomic E-state index is 12.5. The molecular weight excluding hydrogens is 370 g/mol. The van der Waals surface area contributed by atoms with Gasteiger partial charge in [0, 0.05) is 32.5 Å². The third kappa shape index (κ3) is 4.18. The molecule has 0 aliphatic carbocycles. The maximum Gasteiger partial charge on any atom is 0.255 e. The molecule has 0 radical (unpaired) electrons. The van der Waals surface area contributed by atoms with E-state index in [2.05, 4.69) is 20.9 Å². The van der Waals surface area contributed by atoms with Crippen LogP contribution in [0.25, 0.3) is 11.4 Å². The van der Waals surface area contributed by atoms with E-state index < -0.39 is 0 Å². The van der Waals surface area contributed by atoms with Crippen molar-refractivity contribution in [3.05, 3.63) is 70.4 Å². The molecular formula is C21H23N5O3. The van der Waals surface area contributed by atoms with Crippen LogP contribution in [-0.4, -0.2) is 50.9 Å². The minimum absolute atomic E-state index is 0.114. The molecule has 1 N–H and O–H groups in total. The minimum atomic E-state index is -0.142. The lowest BCUT2D eigenvalue weighted by atomic mass is 10.0. The fourth-order valence-corrected chi connectivity index (χ4v) is 3.49. The van der Waals surface area contributed by atoms with Gasteiger partial charge in [0.2, 0.25) is 5.95 Å². The van der Waals surface area contributed by atoms with Gasteiger partial charge >= 0.3 is 0 Å². The molecule has 2 aromatic heterocycles. The van der Waals surface area contributed by atoms with Crippen LogP contribution in [-0.2, 0) is 18.2 Å². The molecule has 29 heavy (non-hydrogen) atoms. The molecule has 150 valence electrons. The largest absolute Gasteiger partial charge is 0.396 e. The molecule has 1 saturated heterocycles. The van der Waals surface area contributed by atoms with Crippen molar-refractivity contribution in [2.75, 3.05) is 31.2 Å². The van der Waals surface area contributed by atoms with Crippen molar-refractivity contribution >= 4 is 5.95 Å². The molecule has 1 aliphatic heterocycles. The van der Waals surface area contributed by atoms with Gasteiger partial charge < -0.3 is 14.7 Å². The molecule has 1 unspecified atom stereocenters. The van der Waals surface area contributed by atoms with E-state index in [9.17, 15) is 9.90 Å². The number of aliphatic hydroxyl groups excluding tert-OH is 1. The van der Waals surface area contributed by atoms with Gasteiger partial charge in [-0.1, -0.05) is 24.3 Å². The third-order valence-electron chi connectivity index (χ3n) is 5.03. The van der Waals surface area contributed by atoms with Crippen LogP contribution in [0.5, 0.6) is 0 Å². The number of nitrogens with zero attached hydrogens (tertiary/aromatic N) is 5. The monoisotopic (exact) mass is 393 g/mol. The van der Waals surface area contributed by atoms with Crippen molar-refractivity contribution < 1.29 is 9.84 Å². The number of aromatic nitrogens is 4. The summed E-state index contributed by atoms with van der Waals surface area (Å²) in [7, 11) is 1.72. The Labute approximate surface area is 168 Å². The van der Waals surface area contributed by atoms with E-state index in [0.717, 1.165) is 11.1 Å². The van der Waals surface area contributed by atoms with E-state index in [1.807, 2.05) is 18.2 Å². The van der Waals surface area contributed by atoms with Crippen molar-refractivity contribution in [2.24, 2.45) is 7.05 Å². The first-order chi connectivity index (χ1) is 14.2. The van der Waals surface area contributed by atoms with Crippen LogP contribution in [0, 0.1) is 0 Å². The molecule has 1 atom stereocenters. The molecule has 8 nitrogen and oxygen atoms in total. The molecule has 1 fully saturated rings. The number of rotatable bonds is 5. The number of hydrogen-bond donors (Lipinski definition) is 1. The summed E-state index contributed by atoms with van der Waals surface area (Å²) in [6.45, 7) is 1.86. The number of aliphatic hydroxyl groups is 1. The first-order valence-electron chi connectivity index (χ1n) is 9.56. The van der Waals surface area contributed by atoms with Crippen LogP contribution in [0.4, 0.5) is 5.95 Å². The molecule has 0 spiro atoms. The normalized spacial score (nSPS) is 16.8. The first-order valence-corrected chi connectivity index (χ1v) is 9.56. The van der Waals surface area contributed by atoms with Crippen LogP contribution in [0.3, 0.4) is 0 Å². The average Bonchev–Trinajstić information content (AvgIpc) is 2.77. The highest BCUT2D eigenvalue weighted by molar-refractivity contribution is 5.55. The van der Waals surface area contributed by atoms with Crippen molar-refractivity contribution in [1.29, 1.82) is 0 Å². The maximum absolute atomic E-state index is 12.5. The zero-order chi connectivity index (χ0) is 20.2. The lowest BCUT2D eigenvalue weighted by Gasteiger charge is -2.34. The Balaban J connectivity index is 1.64. The number of anilines is 1. The van der Waals surface area contributed by atoms with Crippen molar-refractivity contribution in [3.8, 4) is 11.4 Å². The van der Waals surface area contributed by atoms with Crippen molar-refractivity contribution in [1.82, 2.24) is 19.5 Å². The topological polar surface area (TPSA) is 93.4 Å². The van der Waals surface area contributed by atoms with Crippen LogP contribution in [0.1, 0.15) is 17.2 Å². The Morgan fingerprint density at radius 1 is 1.24 bits per heavy atom. The summed E-state index contributed by atoms with van der Waals surface area (Å²) < 4.78 is 7.54. The number of benzene rings is 1. The summed E-state index contributed by atoms with van der Waals surface area (Å²) in [6.07, 6.45) is 3.55. The molecule has 3 aromatic rings. The summed E-state index contributed by atoms with van der Waals surface area (Å²) in [5.41, 5.74) is 3.12. The average molecular weight is 393 g/mol.